The van der Waals surface area contributed by atoms with E-state index in [0.29, 0.717) is 18.7 Å². The van der Waals surface area contributed by atoms with Crippen molar-refractivity contribution >= 4 is 28.6 Å². The summed E-state index contributed by atoms with van der Waals surface area (Å²) in [6.45, 7) is 1.30. The number of carbonyl (C=O) groups is 1. The summed E-state index contributed by atoms with van der Waals surface area (Å²) in [4.78, 5) is 22.3. The molecule has 0 fully saturated rings. The second kappa shape index (κ2) is 8.28. The van der Waals surface area contributed by atoms with Gasteiger partial charge in [0.1, 0.15) is 16.5 Å². The number of carbonyl (C=O) groups excluding carboxylic acids is 1. The monoisotopic (exact) mass is 394 g/mol. The Bertz CT molecular complexity index is 1010. The Morgan fingerprint density at radius 2 is 2.00 bits per heavy atom. The van der Waals surface area contributed by atoms with E-state index in [1.165, 1.54) is 16.9 Å². The molecule has 1 N–H and O–H groups in total. The van der Waals surface area contributed by atoms with Crippen molar-refractivity contribution < 1.29 is 4.79 Å². The number of hydrogen-bond acceptors (Lipinski definition) is 5. The summed E-state index contributed by atoms with van der Waals surface area (Å²) in [6, 6.07) is 14.3. The van der Waals surface area contributed by atoms with Gasteiger partial charge in [-0.1, -0.05) is 36.4 Å². The number of thiophene rings is 1. The van der Waals surface area contributed by atoms with E-state index in [-0.39, 0.29) is 5.91 Å². The fraction of sp³-hybridized carbons (Fsp3) is 0.150. The molecular formula is C20H18N4OS2. The van der Waals surface area contributed by atoms with Gasteiger partial charge in [-0.2, -0.15) is 0 Å². The third kappa shape index (κ3) is 4.32. The summed E-state index contributed by atoms with van der Waals surface area (Å²) < 4.78 is 2.11. The van der Waals surface area contributed by atoms with Crippen molar-refractivity contribution in [3.63, 3.8) is 0 Å². The van der Waals surface area contributed by atoms with E-state index in [2.05, 4.69) is 32.0 Å². The molecule has 0 saturated heterocycles. The molecule has 0 aliphatic carbocycles. The van der Waals surface area contributed by atoms with Crippen LogP contribution in [0.2, 0.25) is 0 Å². The van der Waals surface area contributed by atoms with Crippen LogP contribution in [0.1, 0.15) is 21.9 Å². The number of amides is 1. The number of rotatable bonds is 7. The quantitative estimate of drug-likeness (QED) is 0.514. The lowest BCUT2D eigenvalue weighted by Crippen LogP contribution is -2.26. The van der Waals surface area contributed by atoms with E-state index in [9.17, 15) is 4.79 Å². The molecule has 0 atom stereocenters. The average molecular weight is 395 g/mol. The van der Waals surface area contributed by atoms with Crippen LogP contribution < -0.4 is 5.32 Å². The smallest absolute Gasteiger partial charge is 0.270 e. The maximum atomic E-state index is 12.3. The summed E-state index contributed by atoms with van der Waals surface area (Å²) >= 11 is 3.12. The third-order valence-electron chi connectivity index (χ3n) is 4.10. The fourth-order valence-corrected chi connectivity index (χ4v) is 4.38. The number of aromatic nitrogens is 3. The zero-order valence-electron chi connectivity index (χ0n) is 14.5. The minimum absolute atomic E-state index is 0.143. The van der Waals surface area contributed by atoms with Gasteiger partial charge >= 0.3 is 0 Å². The zero-order chi connectivity index (χ0) is 18.5. The second-order valence-electron chi connectivity index (χ2n) is 5.98. The summed E-state index contributed by atoms with van der Waals surface area (Å²) in [6.07, 6.45) is 4.44. The molecule has 0 radical (unpaired) electrons. The molecule has 136 valence electrons. The molecule has 7 heteroatoms. The van der Waals surface area contributed by atoms with Crippen LogP contribution in [0.25, 0.3) is 9.88 Å². The Kier molecular flexibility index (Phi) is 5.41. The van der Waals surface area contributed by atoms with Crippen molar-refractivity contribution in [2.75, 3.05) is 6.54 Å². The molecule has 0 saturated carbocycles. The van der Waals surface area contributed by atoms with Gasteiger partial charge in [-0.3, -0.25) is 4.79 Å². The van der Waals surface area contributed by atoms with E-state index in [0.717, 1.165) is 22.3 Å². The molecule has 0 aliphatic heterocycles. The van der Waals surface area contributed by atoms with Crippen LogP contribution in [-0.4, -0.2) is 27.0 Å². The number of benzene rings is 1. The largest absolute Gasteiger partial charge is 0.350 e. The summed E-state index contributed by atoms with van der Waals surface area (Å²) in [7, 11) is 0. The Morgan fingerprint density at radius 1 is 1.11 bits per heavy atom. The molecule has 3 heterocycles. The van der Waals surface area contributed by atoms with Crippen LogP contribution in [0, 0.1) is 0 Å². The summed E-state index contributed by atoms with van der Waals surface area (Å²) in [5.74, 6) is 0.812. The number of nitrogens with zero attached hydrogens (tertiary/aromatic N) is 3. The Hall–Kier alpha value is -2.77. The van der Waals surface area contributed by atoms with Crippen molar-refractivity contribution in [1.29, 1.82) is 0 Å². The lowest BCUT2D eigenvalue weighted by Gasteiger charge is -2.08. The number of hydrogen-bond donors (Lipinski definition) is 1. The van der Waals surface area contributed by atoms with Gasteiger partial charge in [0, 0.05) is 37.3 Å². The van der Waals surface area contributed by atoms with Crippen LogP contribution in [0.15, 0.2) is 65.6 Å². The Labute approximate surface area is 165 Å². The van der Waals surface area contributed by atoms with Crippen LogP contribution >= 0.6 is 22.7 Å². The first-order chi connectivity index (χ1) is 13.3. The minimum Gasteiger partial charge on any atom is -0.350 e. The molecule has 4 rings (SSSR count). The van der Waals surface area contributed by atoms with Gasteiger partial charge in [0.05, 0.1) is 4.88 Å². The van der Waals surface area contributed by atoms with Crippen molar-refractivity contribution in [1.82, 2.24) is 19.9 Å². The molecule has 1 amide bonds. The van der Waals surface area contributed by atoms with Gasteiger partial charge < -0.3 is 9.88 Å². The van der Waals surface area contributed by atoms with Gasteiger partial charge in [0.25, 0.3) is 5.91 Å². The second-order valence-corrected chi connectivity index (χ2v) is 7.78. The van der Waals surface area contributed by atoms with E-state index >= 15 is 0 Å². The molecule has 0 aliphatic rings. The number of nitrogens with one attached hydrogen (secondary N) is 1. The van der Waals surface area contributed by atoms with E-state index in [4.69, 9.17) is 0 Å². The van der Waals surface area contributed by atoms with Gasteiger partial charge in [-0.05, 0) is 17.0 Å². The summed E-state index contributed by atoms with van der Waals surface area (Å²) in [5.41, 5.74) is 1.69. The standard InChI is InChI=1S/C20H18N4OS2/c25-19(16-14-27-20(23-16)17-7-4-12-26-17)22-9-8-18-21-10-11-24(18)13-15-5-2-1-3-6-15/h1-7,10-12,14H,8-9,13H2,(H,22,25). The molecule has 0 unspecified atom stereocenters. The molecular weight excluding hydrogens is 376 g/mol. The highest BCUT2D eigenvalue weighted by Crippen LogP contribution is 2.27. The molecule has 5 nitrogen and oxygen atoms in total. The van der Waals surface area contributed by atoms with Crippen LogP contribution in [0.5, 0.6) is 0 Å². The highest BCUT2D eigenvalue weighted by atomic mass is 32.1. The maximum absolute atomic E-state index is 12.3. The zero-order valence-corrected chi connectivity index (χ0v) is 16.2. The van der Waals surface area contributed by atoms with E-state index in [1.54, 1.807) is 22.9 Å². The Balaban J connectivity index is 1.33. The van der Waals surface area contributed by atoms with E-state index < -0.39 is 0 Å². The molecule has 0 spiro atoms. The fourth-order valence-electron chi connectivity index (χ4n) is 2.76. The topological polar surface area (TPSA) is 59.8 Å². The van der Waals surface area contributed by atoms with Gasteiger partial charge in [-0.25, -0.2) is 9.97 Å². The van der Waals surface area contributed by atoms with Crippen molar-refractivity contribution in [3.8, 4) is 9.88 Å². The molecule has 1 aromatic carbocycles. The van der Waals surface area contributed by atoms with Crippen LogP contribution in [0.4, 0.5) is 0 Å². The van der Waals surface area contributed by atoms with E-state index in [1.807, 2.05) is 41.9 Å². The number of imidazole rings is 1. The van der Waals surface area contributed by atoms with Crippen molar-refractivity contribution in [3.05, 3.63) is 82.7 Å². The van der Waals surface area contributed by atoms with Crippen LogP contribution in [-0.2, 0) is 13.0 Å². The SMILES string of the molecule is O=C(NCCc1nccn1Cc1ccccc1)c1csc(-c2cccs2)n1. The molecule has 3 aromatic heterocycles. The first-order valence-corrected chi connectivity index (χ1v) is 10.4. The van der Waals surface area contributed by atoms with Crippen molar-refractivity contribution in [2.24, 2.45) is 0 Å². The van der Waals surface area contributed by atoms with Gasteiger partial charge in [0.15, 0.2) is 0 Å². The Morgan fingerprint density at radius 3 is 2.81 bits per heavy atom. The summed E-state index contributed by atoms with van der Waals surface area (Å²) in [5, 5.41) is 7.64. The highest BCUT2D eigenvalue weighted by molar-refractivity contribution is 7.20. The molecule has 27 heavy (non-hydrogen) atoms. The van der Waals surface area contributed by atoms with Crippen LogP contribution in [0.3, 0.4) is 0 Å². The molecule has 0 bridgehead atoms. The highest BCUT2D eigenvalue weighted by Gasteiger charge is 2.12. The van der Waals surface area contributed by atoms with Gasteiger partial charge in [-0.15, -0.1) is 22.7 Å². The third-order valence-corrected chi connectivity index (χ3v) is 5.98. The maximum Gasteiger partial charge on any atom is 0.270 e. The lowest BCUT2D eigenvalue weighted by atomic mass is 10.2. The number of thiazole rings is 1. The van der Waals surface area contributed by atoms with Crippen molar-refractivity contribution in [2.45, 2.75) is 13.0 Å². The average Bonchev–Trinajstić information content (AvgIpc) is 3.44. The van der Waals surface area contributed by atoms with Gasteiger partial charge in [0.2, 0.25) is 0 Å². The molecule has 4 aromatic rings. The first kappa shape index (κ1) is 17.6. The normalized spacial score (nSPS) is 10.8. The lowest BCUT2D eigenvalue weighted by molar-refractivity contribution is 0.0949. The first-order valence-electron chi connectivity index (χ1n) is 8.61. The predicted molar refractivity (Wildman–Crippen MR) is 109 cm³/mol. The minimum atomic E-state index is -0.143. The predicted octanol–water partition coefficient (Wildman–Crippen LogP) is 4.09.